The second kappa shape index (κ2) is 16.0. The van der Waals surface area contributed by atoms with Crippen LogP contribution in [-0.4, -0.2) is 52.2 Å². The van der Waals surface area contributed by atoms with E-state index in [2.05, 4.69) is 0 Å². The van der Waals surface area contributed by atoms with E-state index in [1.165, 1.54) is 0 Å². The van der Waals surface area contributed by atoms with Crippen LogP contribution in [0.3, 0.4) is 0 Å². The molecule has 1 atom stereocenters. The highest BCUT2D eigenvalue weighted by atomic mass is 31.2. The largest absolute Gasteiger partial charge is 0.465 e. The Morgan fingerprint density at radius 2 is 1.27 bits per heavy atom. The molecule has 0 aromatic carbocycles. The Morgan fingerprint density at radius 3 is 1.73 bits per heavy atom. The summed E-state index contributed by atoms with van der Waals surface area (Å²) in [5, 5.41) is 0. The molecular formula is C12H26O8P2. The van der Waals surface area contributed by atoms with E-state index in [9.17, 15) is 4.79 Å². The van der Waals surface area contributed by atoms with Crippen molar-refractivity contribution in [2.75, 3.05) is 39.6 Å². The van der Waals surface area contributed by atoms with Crippen molar-refractivity contribution in [1.29, 1.82) is 0 Å². The molecule has 0 radical (unpaired) electrons. The lowest BCUT2D eigenvalue weighted by atomic mass is 10.4. The molecule has 132 valence electrons. The van der Waals surface area contributed by atoms with Gasteiger partial charge in [0.15, 0.2) is 0 Å². The summed E-state index contributed by atoms with van der Waals surface area (Å²) < 4.78 is 37.3. The zero-order valence-electron chi connectivity index (χ0n) is 13.6. The van der Waals surface area contributed by atoms with Gasteiger partial charge in [-0.3, -0.25) is 4.79 Å². The molecule has 0 aliphatic carbocycles. The van der Waals surface area contributed by atoms with Crippen molar-refractivity contribution in [2.24, 2.45) is 0 Å². The van der Waals surface area contributed by atoms with Gasteiger partial charge < -0.3 is 31.9 Å². The fourth-order valence-electron chi connectivity index (χ4n) is 1.15. The van der Waals surface area contributed by atoms with Crippen molar-refractivity contribution in [3.63, 3.8) is 0 Å². The van der Waals surface area contributed by atoms with E-state index in [-0.39, 0.29) is 13.2 Å². The van der Waals surface area contributed by atoms with Crippen LogP contribution in [-0.2, 0) is 36.7 Å². The third-order valence-corrected chi connectivity index (χ3v) is 4.60. The molecular weight excluding hydrogens is 334 g/mol. The van der Waals surface area contributed by atoms with Crippen molar-refractivity contribution < 1.29 is 36.7 Å². The molecule has 0 fully saturated rings. The topological polar surface area (TPSA) is 81.7 Å². The van der Waals surface area contributed by atoms with Crippen LogP contribution in [0.4, 0.5) is 0 Å². The predicted molar refractivity (Wildman–Crippen MR) is 83.2 cm³/mol. The van der Waals surface area contributed by atoms with Gasteiger partial charge in [-0.25, -0.2) is 0 Å². The molecule has 1 unspecified atom stereocenters. The lowest BCUT2D eigenvalue weighted by Crippen LogP contribution is -2.24. The second-order valence-electron chi connectivity index (χ2n) is 3.57. The van der Waals surface area contributed by atoms with E-state index in [0.717, 1.165) is 0 Å². The first-order chi connectivity index (χ1) is 10.7. The van der Waals surface area contributed by atoms with Crippen molar-refractivity contribution >= 4 is 23.7 Å². The predicted octanol–water partition coefficient (Wildman–Crippen LogP) is 3.16. The second-order valence-corrected chi connectivity index (χ2v) is 5.97. The van der Waals surface area contributed by atoms with E-state index in [1.807, 2.05) is 27.7 Å². The quantitative estimate of drug-likeness (QED) is 0.307. The maximum absolute atomic E-state index is 10.4. The molecule has 22 heavy (non-hydrogen) atoms. The molecule has 0 saturated heterocycles. The summed E-state index contributed by atoms with van der Waals surface area (Å²) in [6.07, 6.45) is -0.527. The molecule has 0 aromatic heterocycles. The van der Waals surface area contributed by atoms with Crippen LogP contribution in [0, 0.1) is 0 Å². The van der Waals surface area contributed by atoms with Crippen molar-refractivity contribution in [3.05, 3.63) is 0 Å². The molecule has 0 N–H and O–H groups in total. The van der Waals surface area contributed by atoms with Crippen LogP contribution in [0.2, 0.25) is 0 Å². The summed E-state index contributed by atoms with van der Waals surface area (Å²) in [5.74, 6) is 0. The van der Waals surface area contributed by atoms with Gasteiger partial charge in [0, 0.05) is 0 Å². The molecule has 0 bridgehead atoms. The van der Waals surface area contributed by atoms with Crippen molar-refractivity contribution in [1.82, 2.24) is 0 Å². The third kappa shape index (κ3) is 11.6. The Labute approximate surface area is 134 Å². The minimum Gasteiger partial charge on any atom is -0.465 e. The first kappa shape index (κ1) is 22.1. The zero-order valence-corrected chi connectivity index (χ0v) is 15.3. The van der Waals surface area contributed by atoms with E-state index >= 15 is 0 Å². The number of carbonyl (C=O) groups excluding carboxylic acids is 1. The first-order valence-electron chi connectivity index (χ1n) is 7.18. The number of hydrogen-bond acceptors (Lipinski definition) is 8. The first-order valence-corrected chi connectivity index (χ1v) is 9.37. The molecule has 0 aliphatic rings. The Hall–Kier alpha value is 0.0900. The lowest BCUT2D eigenvalue weighted by molar-refractivity contribution is -0.131. The van der Waals surface area contributed by atoms with Gasteiger partial charge in [0.25, 0.3) is 6.47 Å². The highest BCUT2D eigenvalue weighted by molar-refractivity contribution is 7.42. The third-order valence-electron chi connectivity index (χ3n) is 1.89. The summed E-state index contributed by atoms with van der Waals surface area (Å²) in [6, 6.07) is 0. The number of rotatable bonds is 16. The van der Waals surface area contributed by atoms with Gasteiger partial charge in [-0.1, -0.05) is 0 Å². The summed E-state index contributed by atoms with van der Waals surface area (Å²) in [4.78, 5) is 10.4. The van der Waals surface area contributed by atoms with Crippen LogP contribution in [0.1, 0.15) is 27.7 Å². The normalized spacial score (nSPS) is 12.8. The minimum absolute atomic E-state index is 0.0317. The Kier molecular flexibility index (Phi) is 16.0. The van der Waals surface area contributed by atoms with Gasteiger partial charge in [-0.05, 0) is 27.7 Å². The molecule has 8 nitrogen and oxygen atoms in total. The summed E-state index contributed by atoms with van der Waals surface area (Å²) in [7, 11) is -2.96. The maximum Gasteiger partial charge on any atom is 0.333 e. The molecule has 10 heteroatoms. The number of carbonyl (C=O) groups is 1. The Bertz CT molecular complexity index is 247. The van der Waals surface area contributed by atoms with E-state index < -0.39 is 23.3 Å². The number of hydrogen-bond donors (Lipinski definition) is 0. The molecule has 0 aliphatic heterocycles. The van der Waals surface area contributed by atoms with E-state index in [1.54, 1.807) is 0 Å². The monoisotopic (exact) mass is 360 g/mol. The zero-order chi connectivity index (χ0) is 16.6. The molecule has 0 spiro atoms. The van der Waals surface area contributed by atoms with Gasteiger partial charge >= 0.3 is 17.2 Å². The summed E-state index contributed by atoms with van der Waals surface area (Å²) in [5.41, 5.74) is 0. The molecule has 0 amide bonds. The van der Waals surface area contributed by atoms with E-state index in [0.29, 0.717) is 32.9 Å². The number of ether oxygens (including phenoxy) is 1. The van der Waals surface area contributed by atoms with Crippen molar-refractivity contribution in [2.45, 2.75) is 33.8 Å². The van der Waals surface area contributed by atoms with Crippen LogP contribution in [0.15, 0.2) is 0 Å². The van der Waals surface area contributed by atoms with Crippen molar-refractivity contribution in [3.8, 4) is 0 Å². The fourth-order valence-corrected chi connectivity index (χ4v) is 3.07. The summed E-state index contributed by atoms with van der Waals surface area (Å²) in [6.45, 7) is 9.78. The standard InChI is InChI=1S/C12H26O8P2/c1-5-15-21(16-6-2)19-10-12(9-14-11-13)20-22(17-7-3)18-8-4/h11-12H,5-10H2,1-4H3. The van der Waals surface area contributed by atoms with Gasteiger partial charge in [-0.15, -0.1) is 0 Å². The fraction of sp³-hybridized carbons (Fsp3) is 0.917. The van der Waals surface area contributed by atoms with Gasteiger partial charge in [-0.2, -0.15) is 0 Å². The maximum atomic E-state index is 10.4. The van der Waals surface area contributed by atoms with Crippen LogP contribution in [0.25, 0.3) is 0 Å². The highest BCUT2D eigenvalue weighted by Gasteiger charge is 2.22. The van der Waals surface area contributed by atoms with Crippen LogP contribution >= 0.6 is 17.2 Å². The average Bonchev–Trinajstić information content (AvgIpc) is 2.50. The van der Waals surface area contributed by atoms with E-state index in [4.69, 9.17) is 31.9 Å². The van der Waals surface area contributed by atoms with Crippen LogP contribution < -0.4 is 0 Å². The van der Waals surface area contributed by atoms with Gasteiger partial charge in [0.1, 0.15) is 12.7 Å². The lowest BCUT2D eigenvalue weighted by Gasteiger charge is -2.23. The summed E-state index contributed by atoms with van der Waals surface area (Å²) >= 11 is 0. The highest BCUT2D eigenvalue weighted by Crippen LogP contribution is 2.43. The van der Waals surface area contributed by atoms with Gasteiger partial charge in [0.05, 0.1) is 33.0 Å². The molecule has 0 rings (SSSR count). The Balaban J connectivity index is 4.42. The average molecular weight is 360 g/mol. The molecule has 0 saturated carbocycles. The smallest absolute Gasteiger partial charge is 0.333 e. The van der Waals surface area contributed by atoms with Gasteiger partial charge in [0.2, 0.25) is 0 Å². The Morgan fingerprint density at radius 1 is 0.773 bits per heavy atom. The minimum atomic E-state index is -1.51. The van der Waals surface area contributed by atoms with Crippen LogP contribution in [0.5, 0.6) is 0 Å². The molecule has 0 heterocycles. The molecule has 0 aromatic rings. The SMILES string of the molecule is CCOP(OCC)OCC(COC=O)OP(OCC)OCC.